The van der Waals surface area contributed by atoms with Gasteiger partial charge in [0.25, 0.3) is 0 Å². The van der Waals surface area contributed by atoms with E-state index in [-0.39, 0.29) is 11.0 Å². The molecule has 0 spiro atoms. The monoisotopic (exact) mass is 251 g/mol. The minimum Gasteiger partial charge on any atom is -0.302 e. The van der Waals surface area contributed by atoms with Gasteiger partial charge in [-0.3, -0.25) is 15.6 Å². The van der Waals surface area contributed by atoms with Gasteiger partial charge >= 0.3 is 0 Å². The van der Waals surface area contributed by atoms with Crippen LogP contribution in [0.15, 0.2) is 30.3 Å². The quantitative estimate of drug-likeness (QED) is 0.566. The van der Waals surface area contributed by atoms with Crippen molar-refractivity contribution in [2.45, 2.75) is 20.3 Å². The number of benzene rings is 1. The van der Waals surface area contributed by atoms with Crippen molar-refractivity contribution in [1.29, 1.82) is 0 Å². The first-order chi connectivity index (χ1) is 8.08. The van der Waals surface area contributed by atoms with Crippen molar-refractivity contribution < 1.29 is 4.79 Å². The van der Waals surface area contributed by atoms with Gasteiger partial charge in [-0.1, -0.05) is 32.0 Å². The van der Waals surface area contributed by atoms with Crippen molar-refractivity contribution >= 4 is 28.9 Å². The van der Waals surface area contributed by atoms with Gasteiger partial charge in [0.05, 0.1) is 5.69 Å². The highest BCUT2D eigenvalue weighted by Gasteiger charge is 2.06. The van der Waals surface area contributed by atoms with Crippen molar-refractivity contribution in [2.24, 2.45) is 5.92 Å². The maximum Gasteiger partial charge on any atom is 0.226 e. The Morgan fingerprint density at radius 1 is 1.29 bits per heavy atom. The molecule has 0 saturated heterocycles. The van der Waals surface area contributed by atoms with Crippen molar-refractivity contribution in [1.82, 2.24) is 10.7 Å². The van der Waals surface area contributed by atoms with Crippen LogP contribution in [0.3, 0.4) is 0 Å². The Morgan fingerprint density at radius 2 is 1.94 bits per heavy atom. The lowest BCUT2D eigenvalue weighted by atomic mass is 10.1. The number of nitrogens with one attached hydrogen (secondary N) is 3. The number of amides is 1. The molecule has 17 heavy (non-hydrogen) atoms. The van der Waals surface area contributed by atoms with Crippen LogP contribution in [-0.2, 0) is 4.79 Å². The first-order valence-electron chi connectivity index (χ1n) is 5.49. The van der Waals surface area contributed by atoms with Crippen LogP contribution in [0.25, 0.3) is 0 Å². The van der Waals surface area contributed by atoms with E-state index in [2.05, 4.69) is 16.2 Å². The second-order valence-corrected chi connectivity index (χ2v) is 4.50. The number of carbonyl (C=O) groups is 1. The summed E-state index contributed by atoms with van der Waals surface area (Å²) in [6.45, 7) is 3.97. The first-order valence-corrected chi connectivity index (χ1v) is 5.89. The van der Waals surface area contributed by atoms with Gasteiger partial charge in [-0.15, -0.1) is 0 Å². The highest BCUT2D eigenvalue weighted by molar-refractivity contribution is 7.80. The lowest BCUT2D eigenvalue weighted by molar-refractivity contribution is -0.120. The minimum atomic E-state index is -0.0765. The van der Waals surface area contributed by atoms with E-state index in [0.29, 0.717) is 12.3 Å². The summed E-state index contributed by atoms with van der Waals surface area (Å²) in [5, 5.41) is 2.88. The zero-order valence-corrected chi connectivity index (χ0v) is 10.8. The molecule has 0 saturated carbocycles. The lowest BCUT2D eigenvalue weighted by Gasteiger charge is -2.12. The molecule has 1 rings (SSSR count). The third-order valence-corrected chi connectivity index (χ3v) is 2.14. The Balaban J connectivity index is 2.28. The number of hydrogen-bond acceptors (Lipinski definition) is 3. The average molecular weight is 251 g/mol. The van der Waals surface area contributed by atoms with Crippen LogP contribution in [0.5, 0.6) is 0 Å². The van der Waals surface area contributed by atoms with Gasteiger partial charge in [0.15, 0.2) is 5.11 Å². The largest absolute Gasteiger partial charge is 0.302 e. The zero-order chi connectivity index (χ0) is 12.7. The number of hydrazine groups is 1. The molecule has 92 valence electrons. The molecule has 0 fully saturated rings. The molecule has 0 bridgehead atoms. The Labute approximate surface area is 107 Å². The van der Waals surface area contributed by atoms with Crippen LogP contribution in [0.1, 0.15) is 20.3 Å². The van der Waals surface area contributed by atoms with E-state index >= 15 is 0 Å². The fraction of sp³-hybridized carbons (Fsp3) is 0.333. The normalized spacial score (nSPS) is 9.82. The molecule has 1 aromatic carbocycles. The number of thiocarbonyl (C=S) groups is 1. The molecule has 1 amide bonds. The number of anilines is 1. The van der Waals surface area contributed by atoms with Crippen LogP contribution < -0.4 is 16.2 Å². The van der Waals surface area contributed by atoms with Gasteiger partial charge in [-0.25, -0.2) is 0 Å². The summed E-state index contributed by atoms with van der Waals surface area (Å²) >= 11 is 4.98. The second-order valence-electron chi connectivity index (χ2n) is 4.09. The molecule has 0 radical (unpaired) electrons. The van der Waals surface area contributed by atoms with E-state index in [0.717, 1.165) is 5.69 Å². The van der Waals surface area contributed by atoms with Gasteiger partial charge in [-0.05, 0) is 30.3 Å². The topological polar surface area (TPSA) is 53.2 Å². The van der Waals surface area contributed by atoms with Crippen molar-refractivity contribution in [3.05, 3.63) is 30.3 Å². The third kappa shape index (κ3) is 5.87. The van der Waals surface area contributed by atoms with Crippen molar-refractivity contribution in [2.75, 3.05) is 5.43 Å². The average Bonchev–Trinajstić information content (AvgIpc) is 2.26. The molecular weight excluding hydrogens is 234 g/mol. The number of hydrogen-bond donors (Lipinski definition) is 3. The van der Waals surface area contributed by atoms with Crippen LogP contribution in [-0.4, -0.2) is 11.0 Å². The molecule has 0 aromatic heterocycles. The summed E-state index contributed by atoms with van der Waals surface area (Å²) in [6, 6.07) is 9.53. The Hall–Kier alpha value is -1.62. The lowest BCUT2D eigenvalue weighted by Crippen LogP contribution is -2.42. The second kappa shape index (κ2) is 6.85. The van der Waals surface area contributed by atoms with Crippen LogP contribution in [0.4, 0.5) is 5.69 Å². The predicted molar refractivity (Wildman–Crippen MR) is 73.4 cm³/mol. The Bertz CT molecular complexity index is 379. The summed E-state index contributed by atoms with van der Waals surface area (Å²) in [5.74, 6) is 0.243. The molecule has 1 aromatic rings. The SMILES string of the molecule is CC(C)CC(=O)NC(=S)NNc1ccccc1. The molecule has 0 aliphatic heterocycles. The predicted octanol–water partition coefficient (Wildman–Crippen LogP) is 2.05. The number of para-hydroxylation sites is 1. The van der Waals surface area contributed by atoms with E-state index in [1.807, 2.05) is 44.2 Å². The molecule has 0 atom stereocenters. The fourth-order valence-electron chi connectivity index (χ4n) is 1.23. The number of carbonyl (C=O) groups excluding carboxylic acids is 1. The maximum absolute atomic E-state index is 11.4. The maximum atomic E-state index is 11.4. The fourth-order valence-corrected chi connectivity index (χ4v) is 1.39. The van der Waals surface area contributed by atoms with Crippen molar-refractivity contribution in [3.8, 4) is 0 Å². The van der Waals surface area contributed by atoms with Gasteiger partial charge in [0.1, 0.15) is 0 Å². The van der Waals surface area contributed by atoms with E-state index in [1.165, 1.54) is 0 Å². The molecule has 0 aliphatic rings. The summed E-state index contributed by atoms with van der Waals surface area (Å²) in [4.78, 5) is 11.4. The molecule has 5 heteroatoms. The summed E-state index contributed by atoms with van der Waals surface area (Å²) in [5.41, 5.74) is 6.53. The molecule has 0 heterocycles. The van der Waals surface area contributed by atoms with Crippen molar-refractivity contribution in [3.63, 3.8) is 0 Å². The number of rotatable bonds is 4. The summed E-state index contributed by atoms with van der Waals surface area (Å²) in [6.07, 6.45) is 0.465. The standard InChI is InChI=1S/C12H17N3OS/c1-9(2)8-11(16)13-12(17)15-14-10-6-4-3-5-7-10/h3-7,9,14H,8H2,1-2H3,(H2,13,15,16,17). The van der Waals surface area contributed by atoms with Gasteiger partial charge < -0.3 is 5.32 Å². The van der Waals surface area contributed by atoms with Gasteiger partial charge in [0.2, 0.25) is 5.91 Å². The molecule has 0 unspecified atom stereocenters. The smallest absolute Gasteiger partial charge is 0.226 e. The molecule has 0 aliphatic carbocycles. The van der Waals surface area contributed by atoms with E-state index in [9.17, 15) is 4.79 Å². The molecular formula is C12H17N3OS. The highest BCUT2D eigenvalue weighted by Crippen LogP contribution is 2.02. The van der Waals surface area contributed by atoms with E-state index < -0.39 is 0 Å². The van der Waals surface area contributed by atoms with Crippen LogP contribution >= 0.6 is 12.2 Å². The van der Waals surface area contributed by atoms with Crippen LogP contribution in [0.2, 0.25) is 0 Å². The third-order valence-electron chi connectivity index (χ3n) is 1.94. The Kier molecular flexibility index (Phi) is 5.42. The van der Waals surface area contributed by atoms with Crippen LogP contribution in [0, 0.1) is 5.92 Å². The van der Waals surface area contributed by atoms with Gasteiger partial charge in [-0.2, -0.15) is 0 Å². The van der Waals surface area contributed by atoms with E-state index in [1.54, 1.807) is 0 Å². The molecule has 3 N–H and O–H groups in total. The zero-order valence-electron chi connectivity index (χ0n) is 9.99. The summed E-state index contributed by atoms with van der Waals surface area (Å²) < 4.78 is 0. The first kappa shape index (κ1) is 13.4. The summed E-state index contributed by atoms with van der Waals surface area (Å²) in [7, 11) is 0. The molecule has 4 nitrogen and oxygen atoms in total. The minimum absolute atomic E-state index is 0.0765. The highest BCUT2D eigenvalue weighted by atomic mass is 32.1. The van der Waals surface area contributed by atoms with E-state index in [4.69, 9.17) is 12.2 Å². The van der Waals surface area contributed by atoms with Gasteiger partial charge in [0, 0.05) is 6.42 Å². The Morgan fingerprint density at radius 3 is 2.53 bits per heavy atom.